The van der Waals surface area contributed by atoms with Crippen molar-refractivity contribution in [2.75, 3.05) is 0 Å². The molecule has 1 aliphatic heterocycles. The van der Waals surface area contributed by atoms with E-state index in [1.54, 1.807) is 0 Å². The molecule has 1 unspecified atom stereocenters. The molecule has 0 N–H and O–H groups in total. The Labute approximate surface area is 325 Å². The average molecular weight is 716 g/mol. The van der Waals surface area contributed by atoms with Crippen molar-refractivity contribution >= 4 is 32.8 Å². The van der Waals surface area contributed by atoms with Crippen LogP contribution in [0.2, 0.25) is 0 Å². The van der Waals surface area contributed by atoms with Crippen molar-refractivity contribution in [1.82, 2.24) is 14.1 Å². The molecule has 8 aromatic carbocycles. The first-order chi connectivity index (χ1) is 27.5. The second kappa shape index (κ2) is 11.3. The maximum Gasteiger partial charge on any atom is 0.145 e. The Kier molecular flexibility index (Phi) is 6.32. The lowest BCUT2D eigenvalue weighted by molar-refractivity contribution is 0.556. The van der Waals surface area contributed by atoms with Crippen LogP contribution in [-0.2, 0) is 10.8 Å². The minimum Gasteiger partial charge on any atom is -0.309 e. The third-order valence-corrected chi connectivity index (χ3v) is 12.8. The Hall–Kier alpha value is -6.97. The average Bonchev–Trinajstić information content (AvgIpc) is 3.82. The summed E-state index contributed by atoms with van der Waals surface area (Å²) in [5, 5.41) is 2.59. The summed E-state index contributed by atoms with van der Waals surface area (Å²) in [4.78, 5) is 5.13. The summed E-state index contributed by atoms with van der Waals surface area (Å²) in [7, 11) is 0. The van der Waals surface area contributed by atoms with Crippen molar-refractivity contribution in [1.29, 1.82) is 0 Å². The van der Waals surface area contributed by atoms with Crippen LogP contribution in [-0.4, -0.2) is 14.1 Å². The minimum absolute atomic E-state index is 0.235. The minimum atomic E-state index is -0.499. The first-order valence-corrected chi connectivity index (χ1v) is 19.6. The van der Waals surface area contributed by atoms with E-state index >= 15 is 0 Å². The quantitative estimate of drug-likeness (QED) is 0.179. The summed E-state index contributed by atoms with van der Waals surface area (Å²) in [5.41, 5.74) is 17.9. The van der Waals surface area contributed by atoms with E-state index in [1.165, 1.54) is 72.0 Å². The molecule has 3 nitrogen and oxygen atoms in total. The molecule has 2 aliphatic rings. The van der Waals surface area contributed by atoms with Gasteiger partial charge in [-0.2, -0.15) is 0 Å². The monoisotopic (exact) mass is 715 g/mol. The van der Waals surface area contributed by atoms with Crippen molar-refractivity contribution in [2.24, 2.45) is 0 Å². The molecule has 10 aromatic rings. The first kappa shape index (κ1) is 31.4. The molecule has 3 heterocycles. The summed E-state index contributed by atoms with van der Waals surface area (Å²) < 4.78 is 4.79. The van der Waals surface area contributed by atoms with Gasteiger partial charge in [-0.15, -0.1) is 0 Å². The molecule has 0 amide bonds. The number of para-hydroxylation sites is 6. The zero-order chi connectivity index (χ0) is 37.2. The summed E-state index contributed by atoms with van der Waals surface area (Å²) in [6, 6.07) is 69.4. The number of benzene rings is 8. The number of nitrogens with zero attached hydrogens (tertiary/aromatic N) is 3. The van der Waals surface area contributed by atoms with E-state index in [4.69, 9.17) is 4.98 Å². The van der Waals surface area contributed by atoms with E-state index in [2.05, 4.69) is 211 Å². The lowest BCUT2D eigenvalue weighted by Gasteiger charge is -2.50. The van der Waals surface area contributed by atoms with Gasteiger partial charge in [-0.05, 0) is 87.0 Å². The third kappa shape index (κ3) is 3.99. The molecule has 1 spiro atoms. The number of hydrogen-bond acceptors (Lipinski definition) is 1. The number of hydrogen-bond donors (Lipinski definition) is 0. The highest BCUT2D eigenvalue weighted by molar-refractivity contribution is 6.12. The normalized spacial score (nSPS) is 16.2. The van der Waals surface area contributed by atoms with E-state index in [1.807, 2.05) is 0 Å². The molecular weight excluding hydrogens is 679 g/mol. The van der Waals surface area contributed by atoms with Gasteiger partial charge in [0.05, 0.1) is 33.2 Å². The summed E-state index contributed by atoms with van der Waals surface area (Å²) >= 11 is 0. The Morgan fingerprint density at radius 1 is 0.411 bits per heavy atom. The smallest absolute Gasteiger partial charge is 0.145 e. The molecule has 1 aliphatic carbocycles. The lowest BCUT2D eigenvalue weighted by atomic mass is 9.53. The molecule has 3 heteroatoms. The van der Waals surface area contributed by atoms with Gasteiger partial charge in [0.1, 0.15) is 5.82 Å². The fourth-order valence-corrected chi connectivity index (χ4v) is 10.4. The summed E-state index contributed by atoms with van der Waals surface area (Å²) in [6.07, 6.45) is 0. The standard InChI is InChI=1S/C53H37N3/c1-52(2)40-19-7-8-20-41(40)53(43-21-9-12-25-48(43)56-47-24-11-6-17-38(47)39-18-14-22-44(53)50(39)56)42-32-31-36(33-45(42)52)34-27-29-35(30-28-34)51-54-46-23-10-13-26-49(46)55(51)37-15-4-3-5-16-37/h3-33H,1-2H3. The van der Waals surface area contributed by atoms with Crippen molar-refractivity contribution < 1.29 is 0 Å². The Morgan fingerprint density at radius 2 is 1.02 bits per heavy atom. The molecule has 1 atom stereocenters. The lowest BCUT2D eigenvalue weighted by Crippen LogP contribution is -2.44. The van der Waals surface area contributed by atoms with Crippen LogP contribution in [0.5, 0.6) is 0 Å². The van der Waals surface area contributed by atoms with Crippen molar-refractivity contribution in [3.05, 3.63) is 221 Å². The fraction of sp³-hybridized carbons (Fsp3) is 0.0755. The number of imidazole rings is 1. The Morgan fingerprint density at radius 3 is 1.86 bits per heavy atom. The van der Waals surface area contributed by atoms with Crippen LogP contribution in [0.3, 0.4) is 0 Å². The van der Waals surface area contributed by atoms with Gasteiger partial charge in [0.15, 0.2) is 0 Å². The molecular formula is C53H37N3. The molecule has 56 heavy (non-hydrogen) atoms. The van der Waals surface area contributed by atoms with E-state index in [0.717, 1.165) is 28.1 Å². The Balaban J connectivity index is 1.08. The molecule has 0 saturated heterocycles. The maximum atomic E-state index is 5.13. The zero-order valence-electron chi connectivity index (χ0n) is 31.2. The van der Waals surface area contributed by atoms with Crippen molar-refractivity contribution in [3.8, 4) is 33.9 Å². The van der Waals surface area contributed by atoms with Gasteiger partial charge < -0.3 is 4.57 Å². The summed E-state index contributed by atoms with van der Waals surface area (Å²) in [6.45, 7) is 4.82. The van der Waals surface area contributed by atoms with Gasteiger partial charge in [-0.1, -0.05) is 159 Å². The van der Waals surface area contributed by atoms with Crippen LogP contribution in [0.1, 0.15) is 47.2 Å². The first-order valence-electron chi connectivity index (χ1n) is 19.6. The van der Waals surface area contributed by atoms with Gasteiger partial charge >= 0.3 is 0 Å². The van der Waals surface area contributed by atoms with Crippen LogP contribution >= 0.6 is 0 Å². The predicted octanol–water partition coefficient (Wildman–Crippen LogP) is 12.8. The second-order valence-electron chi connectivity index (χ2n) is 15.9. The molecule has 0 radical (unpaired) electrons. The molecule has 12 rings (SSSR count). The van der Waals surface area contributed by atoms with Crippen molar-refractivity contribution in [3.63, 3.8) is 0 Å². The molecule has 0 fully saturated rings. The van der Waals surface area contributed by atoms with Crippen LogP contribution in [0, 0.1) is 0 Å². The third-order valence-electron chi connectivity index (χ3n) is 12.8. The zero-order valence-corrected chi connectivity index (χ0v) is 31.2. The second-order valence-corrected chi connectivity index (χ2v) is 15.9. The fourth-order valence-electron chi connectivity index (χ4n) is 10.4. The highest BCUT2D eigenvalue weighted by Crippen LogP contribution is 2.60. The Bertz CT molecular complexity index is 3220. The highest BCUT2D eigenvalue weighted by atomic mass is 15.1. The van der Waals surface area contributed by atoms with Gasteiger partial charge in [-0.3, -0.25) is 4.57 Å². The molecule has 264 valence electrons. The van der Waals surface area contributed by atoms with Crippen LogP contribution in [0.15, 0.2) is 188 Å². The highest BCUT2D eigenvalue weighted by Gasteiger charge is 2.52. The van der Waals surface area contributed by atoms with Crippen LogP contribution < -0.4 is 0 Å². The van der Waals surface area contributed by atoms with E-state index in [-0.39, 0.29) is 5.41 Å². The van der Waals surface area contributed by atoms with Gasteiger partial charge in [0.25, 0.3) is 0 Å². The van der Waals surface area contributed by atoms with Gasteiger partial charge in [-0.25, -0.2) is 4.98 Å². The van der Waals surface area contributed by atoms with Gasteiger partial charge in [0, 0.05) is 27.4 Å². The largest absolute Gasteiger partial charge is 0.309 e. The molecule has 0 saturated carbocycles. The van der Waals surface area contributed by atoms with Crippen LogP contribution in [0.25, 0.3) is 66.7 Å². The van der Waals surface area contributed by atoms with Gasteiger partial charge in [0.2, 0.25) is 0 Å². The number of fused-ring (bicyclic) bond motifs is 12. The number of aromatic nitrogens is 3. The van der Waals surface area contributed by atoms with E-state index < -0.39 is 5.41 Å². The summed E-state index contributed by atoms with van der Waals surface area (Å²) in [5.74, 6) is 0.941. The topological polar surface area (TPSA) is 22.8 Å². The SMILES string of the molecule is CC1(C)c2ccccc2C2(c3ccccc3-n3c4ccccc4c4cccc2c43)c2ccc(-c3ccc(-c4nc5ccccc5n4-c4ccccc4)cc3)cc21. The number of rotatable bonds is 3. The van der Waals surface area contributed by atoms with Crippen LogP contribution in [0.4, 0.5) is 0 Å². The van der Waals surface area contributed by atoms with Crippen molar-refractivity contribution in [2.45, 2.75) is 24.7 Å². The predicted molar refractivity (Wildman–Crippen MR) is 230 cm³/mol. The molecule has 2 aromatic heterocycles. The van der Waals surface area contributed by atoms with E-state index in [9.17, 15) is 0 Å². The molecule has 0 bridgehead atoms. The van der Waals surface area contributed by atoms with E-state index in [0.29, 0.717) is 0 Å². The maximum absolute atomic E-state index is 5.13.